The van der Waals surface area contributed by atoms with Crippen molar-refractivity contribution in [1.29, 1.82) is 0 Å². The van der Waals surface area contributed by atoms with Gasteiger partial charge in [-0.05, 0) is 30.3 Å². The summed E-state index contributed by atoms with van der Waals surface area (Å²) in [7, 11) is -1.56. The molecule has 104 valence electrons. The summed E-state index contributed by atoms with van der Waals surface area (Å²) in [5.74, 6) is -0.542. The van der Waals surface area contributed by atoms with E-state index >= 15 is 0 Å². The lowest BCUT2D eigenvalue weighted by Gasteiger charge is -2.06. The molecule has 0 fully saturated rings. The van der Waals surface area contributed by atoms with Crippen molar-refractivity contribution < 1.29 is 9.00 Å². The summed E-state index contributed by atoms with van der Waals surface area (Å²) in [6, 6.07) is 10.4. The number of carbonyl (C=O) groups excluding carboxylic acids is 1. The van der Waals surface area contributed by atoms with Crippen molar-refractivity contribution in [3.8, 4) is 0 Å². The van der Waals surface area contributed by atoms with E-state index in [9.17, 15) is 9.00 Å². The van der Waals surface area contributed by atoms with Crippen LogP contribution in [-0.4, -0.2) is 20.9 Å². The molecule has 0 spiro atoms. The molecule has 0 saturated heterocycles. The third-order valence-electron chi connectivity index (χ3n) is 2.39. The number of hydrogen-bond donors (Lipinski definition) is 2. The Balaban J connectivity index is 2.02. The zero-order chi connectivity index (χ0) is 14.5. The molecule has 0 aliphatic rings. The molecule has 2 rings (SSSR count). The molecule has 1 unspecified atom stereocenters. The number of nitrogen functional groups attached to an aromatic ring is 1. The largest absolute Gasteiger partial charge is 0.396 e. The van der Waals surface area contributed by atoms with Crippen molar-refractivity contribution in [3.05, 3.63) is 47.1 Å². The maximum Gasteiger partial charge on any atom is 0.237 e. The van der Waals surface area contributed by atoms with Crippen molar-refractivity contribution in [1.82, 2.24) is 4.98 Å². The molecule has 0 aliphatic heterocycles. The number of amides is 1. The molecule has 5 nitrogen and oxygen atoms in total. The summed E-state index contributed by atoms with van der Waals surface area (Å²) in [5, 5.41) is 2.91. The maximum atomic E-state index is 12.0. The van der Waals surface area contributed by atoms with Crippen molar-refractivity contribution in [2.75, 3.05) is 16.8 Å². The molecule has 1 atom stereocenters. The summed E-state index contributed by atoms with van der Waals surface area (Å²) in [4.78, 5) is 15.8. The molecule has 7 heteroatoms. The molecule has 3 N–H and O–H groups in total. The number of anilines is 2. The zero-order valence-corrected chi connectivity index (χ0v) is 12.8. The average molecular weight is 354 g/mol. The van der Waals surface area contributed by atoms with Crippen molar-refractivity contribution in [2.24, 2.45) is 0 Å². The number of carbonyl (C=O) groups is 1. The number of hydrogen-bond acceptors (Lipinski definition) is 4. The molecule has 0 radical (unpaired) electrons. The molecule has 1 aromatic carbocycles. The molecule has 1 heterocycles. The first-order chi connectivity index (χ1) is 9.56. The lowest BCUT2D eigenvalue weighted by Crippen LogP contribution is -2.20. The number of halogens is 1. The fourth-order valence-electron chi connectivity index (χ4n) is 1.54. The smallest absolute Gasteiger partial charge is 0.237 e. The Bertz CT molecular complexity index is 664. The van der Waals surface area contributed by atoms with Crippen LogP contribution in [0.5, 0.6) is 0 Å². The zero-order valence-electron chi connectivity index (χ0n) is 10.4. The van der Waals surface area contributed by atoms with Gasteiger partial charge in [-0.1, -0.05) is 22.0 Å². The highest BCUT2D eigenvalue weighted by Crippen LogP contribution is 2.16. The topological polar surface area (TPSA) is 85.1 Å². The molecule has 1 aromatic heterocycles. The van der Waals surface area contributed by atoms with Crippen LogP contribution in [0, 0.1) is 0 Å². The normalized spacial score (nSPS) is 11.8. The maximum absolute atomic E-state index is 12.0. The summed E-state index contributed by atoms with van der Waals surface area (Å²) in [6.07, 6.45) is 1.50. The molecular weight excluding hydrogens is 342 g/mol. The van der Waals surface area contributed by atoms with Crippen molar-refractivity contribution in [3.63, 3.8) is 0 Å². The molecule has 1 amide bonds. The van der Waals surface area contributed by atoms with Crippen LogP contribution in [0.2, 0.25) is 0 Å². The van der Waals surface area contributed by atoms with Crippen molar-refractivity contribution in [2.45, 2.75) is 5.03 Å². The number of nitrogens with two attached hydrogens (primary N) is 1. The van der Waals surface area contributed by atoms with E-state index in [1.54, 1.807) is 30.3 Å². The fourth-order valence-corrected chi connectivity index (χ4v) is 2.90. The minimum Gasteiger partial charge on any atom is -0.396 e. The van der Waals surface area contributed by atoms with Gasteiger partial charge in [-0.3, -0.25) is 9.00 Å². The quantitative estimate of drug-likeness (QED) is 0.881. The van der Waals surface area contributed by atoms with Crippen LogP contribution < -0.4 is 11.1 Å². The van der Waals surface area contributed by atoms with Crippen LogP contribution in [0.15, 0.2) is 52.1 Å². The SMILES string of the molecule is Nc1cccnc1S(=O)CC(=O)Nc1cccc(Br)c1. The number of nitrogens with zero attached hydrogens (tertiary/aromatic N) is 1. The summed E-state index contributed by atoms with van der Waals surface area (Å²) in [6.45, 7) is 0. The average Bonchev–Trinajstić information content (AvgIpc) is 2.38. The van der Waals surface area contributed by atoms with Gasteiger partial charge in [0.1, 0.15) is 5.75 Å². The van der Waals surface area contributed by atoms with Crippen LogP contribution in [0.3, 0.4) is 0 Å². The molecule has 0 aliphatic carbocycles. The Morgan fingerprint density at radius 2 is 2.15 bits per heavy atom. The fraction of sp³-hybridized carbons (Fsp3) is 0.0769. The second-order valence-corrected chi connectivity index (χ2v) is 6.23. The van der Waals surface area contributed by atoms with Crippen molar-refractivity contribution >= 4 is 44.0 Å². The highest BCUT2D eigenvalue weighted by molar-refractivity contribution is 9.10. The number of rotatable bonds is 4. The predicted octanol–water partition coefficient (Wildman–Crippen LogP) is 2.17. The number of benzene rings is 1. The first-order valence-electron chi connectivity index (χ1n) is 5.70. The highest BCUT2D eigenvalue weighted by Gasteiger charge is 2.14. The first kappa shape index (κ1) is 14.7. The molecule has 20 heavy (non-hydrogen) atoms. The van der Waals surface area contributed by atoms with Crippen LogP contribution in [0.1, 0.15) is 0 Å². The van der Waals surface area contributed by atoms with Crippen LogP contribution in [0.25, 0.3) is 0 Å². The van der Waals surface area contributed by atoms with E-state index in [0.29, 0.717) is 11.4 Å². The van der Waals surface area contributed by atoms with Gasteiger partial charge in [-0.25, -0.2) is 4.98 Å². The van der Waals surface area contributed by atoms with Crippen LogP contribution >= 0.6 is 15.9 Å². The Morgan fingerprint density at radius 1 is 1.35 bits per heavy atom. The Morgan fingerprint density at radius 3 is 2.85 bits per heavy atom. The van der Waals surface area contributed by atoms with E-state index in [-0.39, 0.29) is 16.7 Å². The second kappa shape index (κ2) is 6.62. The van der Waals surface area contributed by atoms with E-state index in [1.807, 2.05) is 6.07 Å². The molecule has 0 bridgehead atoms. The molecular formula is C13H12BrN3O2S. The highest BCUT2D eigenvalue weighted by atomic mass is 79.9. The lowest BCUT2D eigenvalue weighted by atomic mass is 10.3. The Hall–Kier alpha value is -1.73. The van der Waals surface area contributed by atoms with Gasteiger partial charge in [0.25, 0.3) is 0 Å². The van der Waals surface area contributed by atoms with Crippen LogP contribution in [0.4, 0.5) is 11.4 Å². The summed E-state index contributed by atoms with van der Waals surface area (Å²) >= 11 is 3.31. The number of aromatic nitrogens is 1. The molecule has 2 aromatic rings. The van der Waals surface area contributed by atoms with Gasteiger partial charge in [-0.2, -0.15) is 0 Å². The minimum absolute atomic E-state index is 0.187. The summed E-state index contributed by atoms with van der Waals surface area (Å²) in [5.41, 5.74) is 6.63. The van der Waals surface area contributed by atoms with Gasteiger partial charge in [0.05, 0.1) is 16.5 Å². The van der Waals surface area contributed by atoms with Crippen LogP contribution in [-0.2, 0) is 15.6 Å². The van der Waals surface area contributed by atoms with Gasteiger partial charge in [0.2, 0.25) is 5.91 Å². The minimum atomic E-state index is -1.56. The van der Waals surface area contributed by atoms with Gasteiger partial charge in [0.15, 0.2) is 5.03 Å². The van der Waals surface area contributed by atoms with E-state index < -0.39 is 10.8 Å². The number of nitrogens with one attached hydrogen (secondary N) is 1. The second-order valence-electron chi connectivity index (χ2n) is 3.95. The molecule has 0 saturated carbocycles. The lowest BCUT2D eigenvalue weighted by molar-refractivity contribution is -0.113. The first-order valence-corrected chi connectivity index (χ1v) is 7.82. The van der Waals surface area contributed by atoms with E-state index in [4.69, 9.17) is 5.73 Å². The monoisotopic (exact) mass is 353 g/mol. The van der Waals surface area contributed by atoms with E-state index in [1.165, 1.54) is 6.20 Å². The van der Waals surface area contributed by atoms with Gasteiger partial charge in [-0.15, -0.1) is 0 Å². The summed E-state index contributed by atoms with van der Waals surface area (Å²) < 4.78 is 12.9. The third kappa shape index (κ3) is 3.88. The standard InChI is InChI=1S/C13H12BrN3O2S/c14-9-3-1-4-10(7-9)17-12(18)8-20(19)13-11(15)5-2-6-16-13/h1-7H,8,15H2,(H,17,18). The predicted molar refractivity (Wildman–Crippen MR) is 82.7 cm³/mol. The number of pyridine rings is 1. The van der Waals surface area contributed by atoms with Gasteiger partial charge < -0.3 is 11.1 Å². The Labute approximate surface area is 127 Å². The third-order valence-corrected chi connectivity index (χ3v) is 4.18. The van der Waals surface area contributed by atoms with E-state index in [2.05, 4.69) is 26.2 Å². The van der Waals surface area contributed by atoms with Gasteiger partial charge >= 0.3 is 0 Å². The van der Waals surface area contributed by atoms with Gasteiger partial charge in [0, 0.05) is 16.4 Å². The van der Waals surface area contributed by atoms with E-state index in [0.717, 1.165) is 4.47 Å². The Kier molecular flexibility index (Phi) is 4.86.